The number of anilines is 1. The molecule has 1 aliphatic heterocycles. The summed E-state index contributed by atoms with van der Waals surface area (Å²) in [5, 5.41) is 8.81. The van der Waals surface area contributed by atoms with E-state index in [9.17, 15) is 0 Å². The molecule has 0 aromatic heterocycles. The molecule has 0 unspecified atom stereocenters. The van der Waals surface area contributed by atoms with Crippen LogP contribution in [0.3, 0.4) is 0 Å². The first kappa shape index (κ1) is 21.7. The molecule has 3 rings (SSSR count). The van der Waals surface area contributed by atoms with Crippen LogP contribution in [0.15, 0.2) is 54.6 Å². The Kier molecular flexibility index (Phi) is 7.05. The topological polar surface area (TPSA) is 30.0 Å². The Morgan fingerprint density at radius 3 is 2.36 bits per heavy atom. The quantitative estimate of drug-likeness (QED) is 0.704. The third kappa shape index (κ3) is 4.13. The third-order valence-corrected chi connectivity index (χ3v) is 5.51. The van der Waals surface area contributed by atoms with Gasteiger partial charge >= 0.3 is 0 Å². The standard InChI is InChI=1S/C24H28N3.ClH/c1-5-27(18-8-17-25)20-14-11-19(12-15-20)13-16-23-24(2,3)21-9-6-7-10-22(21)26(23)4;/h6-7,9-16H,5,8,18H2,1-4H3;1H/q+1;/p-1. The summed E-state index contributed by atoms with van der Waals surface area (Å²) < 4.78 is 2.29. The van der Waals surface area contributed by atoms with Crippen molar-refractivity contribution in [1.82, 2.24) is 0 Å². The summed E-state index contributed by atoms with van der Waals surface area (Å²) in [6.07, 6.45) is 4.98. The molecule has 0 atom stereocenters. The highest BCUT2D eigenvalue weighted by molar-refractivity contribution is 6.05. The molecule has 3 nitrogen and oxygen atoms in total. The molecule has 1 heterocycles. The van der Waals surface area contributed by atoms with Crippen LogP contribution < -0.4 is 17.3 Å². The zero-order valence-electron chi connectivity index (χ0n) is 17.1. The van der Waals surface area contributed by atoms with E-state index >= 15 is 0 Å². The molecule has 0 bridgehead atoms. The first-order valence-electron chi connectivity index (χ1n) is 9.59. The van der Waals surface area contributed by atoms with Crippen molar-refractivity contribution in [3.63, 3.8) is 0 Å². The number of hydrogen-bond acceptors (Lipinski definition) is 2. The van der Waals surface area contributed by atoms with Crippen LogP contribution in [0.5, 0.6) is 0 Å². The minimum absolute atomic E-state index is 0. The van der Waals surface area contributed by atoms with E-state index in [1.165, 1.54) is 28.2 Å². The van der Waals surface area contributed by atoms with Gasteiger partial charge in [0, 0.05) is 36.5 Å². The summed E-state index contributed by atoms with van der Waals surface area (Å²) in [7, 11) is 2.14. The van der Waals surface area contributed by atoms with Gasteiger partial charge in [0.25, 0.3) is 0 Å². The number of rotatable bonds is 6. The lowest BCUT2D eigenvalue weighted by Gasteiger charge is -2.21. The number of nitriles is 1. The lowest BCUT2D eigenvalue weighted by molar-refractivity contribution is -0.401. The highest BCUT2D eigenvalue weighted by Gasteiger charge is 2.42. The molecule has 0 fully saturated rings. The number of allylic oxidation sites excluding steroid dienone is 1. The maximum atomic E-state index is 8.81. The minimum Gasteiger partial charge on any atom is -1.00 e. The molecule has 0 radical (unpaired) electrons. The van der Waals surface area contributed by atoms with Gasteiger partial charge in [-0.05, 0) is 44.5 Å². The Bertz CT molecular complexity index is 918. The zero-order chi connectivity index (χ0) is 19.4. The SMILES string of the molecule is CCN(CCC#N)c1ccc(C=CC2=[N+](C)c3ccccc3C2(C)C)cc1.[Cl-]. The van der Waals surface area contributed by atoms with Crippen molar-refractivity contribution in [1.29, 1.82) is 5.26 Å². The summed E-state index contributed by atoms with van der Waals surface area (Å²) in [6.45, 7) is 8.37. The van der Waals surface area contributed by atoms with E-state index in [1.807, 2.05) is 0 Å². The molecule has 146 valence electrons. The maximum Gasteiger partial charge on any atom is 0.209 e. The Balaban J connectivity index is 0.00000280. The highest BCUT2D eigenvalue weighted by atomic mass is 35.5. The van der Waals surface area contributed by atoms with Gasteiger partial charge in [0.15, 0.2) is 5.71 Å². The molecular weight excluding hydrogens is 366 g/mol. The van der Waals surface area contributed by atoms with Crippen molar-refractivity contribution in [3.8, 4) is 6.07 Å². The third-order valence-electron chi connectivity index (χ3n) is 5.51. The summed E-state index contributed by atoms with van der Waals surface area (Å²) in [5.74, 6) is 0. The first-order valence-corrected chi connectivity index (χ1v) is 9.59. The second kappa shape index (κ2) is 9.08. The van der Waals surface area contributed by atoms with Crippen LogP contribution in [0.4, 0.5) is 11.4 Å². The molecule has 1 aliphatic rings. The monoisotopic (exact) mass is 393 g/mol. The van der Waals surface area contributed by atoms with Crippen LogP contribution in [0.2, 0.25) is 0 Å². The van der Waals surface area contributed by atoms with Crippen molar-refractivity contribution in [3.05, 3.63) is 65.7 Å². The van der Waals surface area contributed by atoms with Gasteiger partial charge in [-0.1, -0.05) is 30.3 Å². The lowest BCUT2D eigenvalue weighted by atomic mass is 9.81. The first-order chi connectivity index (χ1) is 13.0. The van der Waals surface area contributed by atoms with Gasteiger partial charge in [-0.2, -0.15) is 9.84 Å². The van der Waals surface area contributed by atoms with Gasteiger partial charge in [0.2, 0.25) is 5.69 Å². The lowest BCUT2D eigenvalue weighted by Crippen LogP contribution is -3.00. The summed E-state index contributed by atoms with van der Waals surface area (Å²) >= 11 is 0. The van der Waals surface area contributed by atoms with Gasteiger partial charge in [0.05, 0.1) is 17.9 Å². The Hall–Kier alpha value is -2.57. The Labute approximate surface area is 175 Å². The average Bonchev–Trinajstić information content (AvgIpc) is 2.88. The van der Waals surface area contributed by atoms with Crippen LogP contribution >= 0.6 is 0 Å². The van der Waals surface area contributed by atoms with Crippen LogP contribution in [-0.2, 0) is 5.41 Å². The van der Waals surface area contributed by atoms with Gasteiger partial charge in [-0.15, -0.1) is 0 Å². The van der Waals surface area contributed by atoms with E-state index < -0.39 is 0 Å². The summed E-state index contributed by atoms with van der Waals surface area (Å²) in [6, 6.07) is 19.4. The number of hydrogen-bond donors (Lipinski definition) is 0. The summed E-state index contributed by atoms with van der Waals surface area (Å²) in [4.78, 5) is 2.23. The van der Waals surface area contributed by atoms with Crippen molar-refractivity contribution in [2.75, 3.05) is 25.0 Å². The van der Waals surface area contributed by atoms with Crippen LogP contribution in [0.25, 0.3) is 6.08 Å². The van der Waals surface area contributed by atoms with E-state index in [1.54, 1.807) is 0 Å². The smallest absolute Gasteiger partial charge is 0.209 e. The zero-order valence-corrected chi connectivity index (χ0v) is 17.9. The molecule has 0 aliphatic carbocycles. The molecule has 28 heavy (non-hydrogen) atoms. The number of benzene rings is 2. The second-order valence-corrected chi connectivity index (χ2v) is 7.50. The molecule has 2 aromatic carbocycles. The largest absolute Gasteiger partial charge is 1.00 e. The van der Waals surface area contributed by atoms with E-state index in [4.69, 9.17) is 5.26 Å². The second-order valence-electron chi connectivity index (χ2n) is 7.50. The Morgan fingerprint density at radius 2 is 1.75 bits per heavy atom. The van der Waals surface area contributed by atoms with E-state index in [0.717, 1.165) is 13.1 Å². The van der Waals surface area contributed by atoms with E-state index in [-0.39, 0.29) is 17.8 Å². The van der Waals surface area contributed by atoms with Gasteiger partial charge in [-0.25, -0.2) is 0 Å². The van der Waals surface area contributed by atoms with E-state index in [2.05, 4.69) is 104 Å². The van der Waals surface area contributed by atoms with Crippen molar-refractivity contribution in [2.24, 2.45) is 0 Å². The molecule has 4 heteroatoms. The molecule has 0 saturated carbocycles. The van der Waals surface area contributed by atoms with Gasteiger partial charge in [0.1, 0.15) is 7.05 Å². The van der Waals surface area contributed by atoms with Gasteiger partial charge < -0.3 is 17.3 Å². The van der Waals surface area contributed by atoms with E-state index in [0.29, 0.717) is 6.42 Å². The van der Waals surface area contributed by atoms with Crippen molar-refractivity contribution >= 4 is 23.2 Å². The number of nitrogens with zero attached hydrogens (tertiary/aromatic N) is 3. The Morgan fingerprint density at radius 1 is 1.07 bits per heavy atom. The number of halogens is 1. The normalized spacial score (nSPS) is 14.5. The predicted molar refractivity (Wildman–Crippen MR) is 114 cm³/mol. The fourth-order valence-corrected chi connectivity index (χ4v) is 3.93. The van der Waals surface area contributed by atoms with Crippen LogP contribution in [0.1, 0.15) is 38.3 Å². The fraction of sp³-hybridized carbons (Fsp3) is 0.333. The van der Waals surface area contributed by atoms with Gasteiger partial charge in [-0.3, -0.25) is 0 Å². The van der Waals surface area contributed by atoms with Crippen LogP contribution in [0, 0.1) is 11.3 Å². The molecule has 0 amide bonds. The number of para-hydroxylation sites is 1. The number of fused-ring (bicyclic) bond motifs is 1. The predicted octanol–water partition coefficient (Wildman–Crippen LogP) is 2.15. The average molecular weight is 394 g/mol. The minimum atomic E-state index is -0.00190. The molecule has 0 spiro atoms. The summed E-state index contributed by atoms with van der Waals surface area (Å²) in [5.41, 5.74) is 6.31. The van der Waals surface area contributed by atoms with Crippen molar-refractivity contribution in [2.45, 2.75) is 32.6 Å². The highest BCUT2D eigenvalue weighted by Crippen LogP contribution is 2.39. The molecule has 0 saturated heterocycles. The van der Waals surface area contributed by atoms with Crippen LogP contribution in [-0.4, -0.2) is 30.4 Å². The molecule has 2 aromatic rings. The molecule has 0 N–H and O–H groups in total. The fourth-order valence-electron chi connectivity index (χ4n) is 3.93. The van der Waals surface area contributed by atoms with Crippen molar-refractivity contribution < 1.29 is 17.0 Å². The molecular formula is C24H28ClN3. The maximum absolute atomic E-state index is 8.81.